The SMILES string of the molecule is CN(Cc1ccc(F)c(C=CC(=O)O)c1)Cc1cccs1. The molecule has 1 heterocycles. The van der Waals surface area contributed by atoms with Crippen molar-refractivity contribution in [3.63, 3.8) is 0 Å². The average Bonchev–Trinajstić information content (AvgIpc) is 2.92. The smallest absolute Gasteiger partial charge is 0.328 e. The quantitative estimate of drug-likeness (QED) is 0.829. The Morgan fingerprint density at radius 1 is 1.38 bits per heavy atom. The van der Waals surface area contributed by atoms with Gasteiger partial charge in [-0.1, -0.05) is 12.1 Å². The minimum atomic E-state index is -1.09. The number of carboxylic acids is 1. The molecule has 110 valence electrons. The molecule has 0 aliphatic carbocycles. The van der Waals surface area contributed by atoms with Crippen molar-refractivity contribution in [1.29, 1.82) is 0 Å². The maximum Gasteiger partial charge on any atom is 0.328 e. The highest BCUT2D eigenvalue weighted by Gasteiger charge is 2.06. The van der Waals surface area contributed by atoms with Gasteiger partial charge in [0, 0.05) is 29.6 Å². The van der Waals surface area contributed by atoms with Crippen LogP contribution in [-0.4, -0.2) is 23.0 Å². The molecule has 3 nitrogen and oxygen atoms in total. The lowest BCUT2D eigenvalue weighted by atomic mass is 10.1. The van der Waals surface area contributed by atoms with Crippen LogP contribution in [-0.2, 0) is 17.9 Å². The Kier molecular flexibility index (Phi) is 5.25. The van der Waals surface area contributed by atoms with Crippen molar-refractivity contribution >= 4 is 23.4 Å². The molecule has 1 aromatic carbocycles. The monoisotopic (exact) mass is 305 g/mol. The third-order valence-corrected chi connectivity index (χ3v) is 3.79. The second-order valence-corrected chi connectivity index (χ2v) is 5.81. The van der Waals surface area contributed by atoms with Crippen molar-refractivity contribution in [3.8, 4) is 0 Å². The van der Waals surface area contributed by atoms with Crippen LogP contribution in [0.15, 0.2) is 41.8 Å². The van der Waals surface area contributed by atoms with E-state index >= 15 is 0 Å². The highest BCUT2D eigenvalue weighted by Crippen LogP contribution is 2.16. The lowest BCUT2D eigenvalue weighted by Gasteiger charge is -2.16. The molecule has 0 atom stereocenters. The molecule has 0 amide bonds. The summed E-state index contributed by atoms with van der Waals surface area (Å²) in [6, 6.07) is 8.86. The van der Waals surface area contributed by atoms with Gasteiger partial charge in [0.1, 0.15) is 5.82 Å². The van der Waals surface area contributed by atoms with E-state index in [1.807, 2.05) is 18.5 Å². The largest absolute Gasteiger partial charge is 0.478 e. The Morgan fingerprint density at radius 2 is 2.19 bits per heavy atom. The maximum atomic E-state index is 13.6. The molecule has 1 aromatic heterocycles. The zero-order chi connectivity index (χ0) is 15.2. The topological polar surface area (TPSA) is 40.5 Å². The second kappa shape index (κ2) is 7.15. The second-order valence-electron chi connectivity index (χ2n) is 4.78. The van der Waals surface area contributed by atoms with Gasteiger partial charge < -0.3 is 5.11 Å². The number of aliphatic carboxylic acids is 1. The molecule has 2 aromatic rings. The first-order valence-electron chi connectivity index (χ1n) is 6.45. The molecule has 0 bridgehead atoms. The van der Waals surface area contributed by atoms with E-state index in [0.717, 1.165) is 18.2 Å². The molecule has 0 radical (unpaired) electrons. The van der Waals surface area contributed by atoms with E-state index in [1.54, 1.807) is 23.5 Å². The number of thiophene rings is 1. The first-order valence-corrected chi connectivity index (χ1v) is 7.33. The zero-order valence-corrected chi connectivity index (χ0v) is 12.4. The fourth-order valence-electron chi connectivity index (χ4n) is 2.02. The Bertz CT molecular complexity index is 638. The molecule has 0 fully saturated rings. The third-order valence-electron chi connectivity index (χ3n) is 2.92. The van der Waals surface area contributed by atoms with E-state index in [-0.39, 0.29) is 0 Å². The van der Waals surface area contributed by atoms with Gasteiger partial charge in [-0.15, -0.1) is 11.3 Å². The van der Waals surface area contributed by atoms with Gasteiger partial charge in [0.2, 0.25) is 0 Å². The lowest BCUT2D eigenvalue weighted by Crippen LogP contribution is -2.16. The van der Waals surface area contributed by atoms with Gasteiger partial charge in [-0.2, -0.15) is 0 Å². The summed E-state index contributed by atoms with van der Waals surface area (Å²) in [5, 5.41) is 10.6. The molecule has 0 saturated heterocycles. The number of rotatable bonds is 6. The molecule has 2 rings (SSSR count). The molecule has 0 aliphatic rings. The summed E-state index contributed by atoms with van der Waals surface area (Å²) in [5.74, 6) is -1.51. The summed E-state index contributed by atoms with van der Waals surface area (Å²) in [6.45, 7) is 1.50. The fourth-order valence-corrected chi connectivity index (χ4v) is 2.80. The van der Waals surface area contributed by atoms with Gasteiger partial charge in [0.25, 0.3) is 0 Å². The first-order chi connectivity index (χ1) is 10.0. The Hall–Kier alpha value is -1.98. The van der Waals surface area contributed by atoms with E-state index in [9.17, 15) is 9.18 Å². The maximum absolute atomic E-state index is 13.6. The summed E-state index contributed by atoms with van der Waals surface area (Å²) >= 11 is 1.70. The number of hydrogen-bond donors (Lipinski definition) is 1. The van der Waals surface area contributed by atoms with Crippen molar-refractivity contribution in [2.75, 3.05) is 7.05 Å². The minimum Gasteiger partial charge on any atom is -0.478 e. The summed E-state index contributed by atoms with van der Waals surface area (Å²) in [5.41, 5.74) is 1.24. The molecule has 0 unspecified atom stereocenters. The fraction of sp³-hybridized carbons (Fsp3) is 0.188. The normalized spacial score (nSPS) is 11.4. The van der Waals surface area contributed by atoms with Crippen LogP contribution in [0.3, 0.4) is 0 Å². The van der Waals surface area contributed by atoms with Gasteiger partial charge in [-0.05, 0) is 42.3 Å². The van der Waals surface area contributed by atoms with E-state index in [1.165, 1.54) is 17.0 Å². The first kappa shape index (κ1) is 15.4. The van der Waals surface area contributed by atoms with Crippen molar-refractivity contribution in [1.82, 2.24) is 4.90 Å². The van der Waals surface area contributed by atoms with Crippen LogP contribution in [0, 0.1) is 5.82 Å². The summed E-state index contributed by atoms with van der Waals surface area (Å²) < 4.78 is 13.6. The van der Waals surface area contributed by atoms with Crippen molar-refractivity contribution in [2.24, 2.45) is 0 Å². The Balaban J connectivity index is 2.06. The number of benzene rings is 1. The predicted molar refractivity (Wildman–Crippen MR) is 82.6 cm³/mol. The van der Waals surface area contributed by atoms with E-state index in [0.29, 0.717) is 12.1 Å². The van der Waals surface area contributed by atoms with Gasteiger partial charge in [-0.25, -0.2) is 9.18 Å². The molecule has 0 aliphatic heterocycles. The van der Waals surface area contributed by atoms with E-state index in [4.69, 9.17) is 5.11 Å². The van der Waals surface area contributed by atoms with Gasteiger partial charge in [0.05, 0.1) is 0 Å². The number of carboxylic acid groups (broad SMARTS) is 1. The zero-order valence-electron chi connectivity index (χ0n) is 11.6. The van der Waals surface area contributed by atoms with E-state index in [2.05, 4.69) is 11.0 Å². The van der Waals surface area contributed by atoms with Crippen LogP contribution in [0.1, 0.15) is 16.0 Å². The number of halogens is 1. The van der Waals surface area contributed by atoms with Gasteiger partial charge >= 0.3 is 5.97 Å². The molecule has 1 N–H and O–H groups in total. The lowest BCUT2D eigenvalue weighted by molar-refractivity contribution is -0.131. The Labute approximate surface area is 127 Å². The molecular weight excluding hydrogens is 289 g/mol. The molecule has 0 saturated carbocycles. The predicted octanol–water partition coefficient (Wildman–Crippen LogP) is 3.62. The number of nitrogens with zero attached hydrogens (tertiary/aromatic N) is 1. The van der Waals surface area contributed by atoms with Crippen LogP contribution in [0.2, 0.25) is 0 Å². The highest BCUT2D eigenvalue weighted by atomic mass is 32.1. The summed E-state index contributed by atoms with van der Waals surface area (Å²) in [6.07, 6.45) is 2.22. The minimum absolute atomic E-state index is 0.291. The van der Waals surface area contributed by atoms with Crippen molar-refractivity contribution in [2.45, 2.75) is 13.1 Å². The summed E-state index contributed by atoms with van der Waals surface area (Å²) in [4.78, 5) is 13.9. The Morgan fingerprint density at radius 3 is 2.86 bits per heavy atom. The molecular formula is C16H16FNO2S. The van der Waals surface area contributed by atoms with Crippen LogP contribution in [0.25, 0.3) is 6.08 Å². The van der Waals surface area contributed by atoms with Crippen LogP contribution < -0.4 is 0 Å². The van der Waals surface area contributed by atoms with Crippen molar-refractivity contribution < 1.29 is 14.3 Å². The summed E-state index contributed by atoms with van der Waals surface area (Å²) in [7, 11) is 2.00. The van der Waals surface area contributed by atoms with E-state index < -0.39 is 11.8 Å². The van der Waals surface area contributed by atoms with Crippen molar-refractivity contribution in [3.05, 3.63) is 63.6 Å². The average molecular weight is 305 g/mol. The van der Waals surface area contributed by atoms with Crippen LogP contribution in [0.5, 0.6) is 0 Å². The number of hydrogen-bond acceptors (Lipinski definition) is 3. The molecule has 21 heavy (non-hydrogen) atoms. The standard InChI is InChI=1S/C16H16FNO2S/c1-18(11-14-3-2-8-21-14)10-12-4-6-15(17)13(9-12)5-7-16(19)20/h2-9H,10-11H2,1H3,(H,19,20). The molecule has 5 heteroatoms. The van der Waals surface area contributed by atoms with Gasteiger partial charge in [0.15, 0.2) is 0 Å². The van der Waals surface area contributed by atoms with Gasteiger partial charge in [-0.3, -0.25) is 4.90 Å². The van der Waals surface area contributed by atoms with Crippen LogP contribution >= 0.6 is 11.3 Å². The molecule has 0 spiro atoms. The third kappa shape index (κ3) is 4.81. The highest BCUT2D eigenvalue weighted by molar-refractivity contribution is 7.09. The number of carbonyl (C=O) groups is 1. The van der Waals surface area contributed by atoms with Crippen LogP contribution in [0.4, 0.5) is 4.39 Å².